The third kappa shape index (κ3) is 4.78. The van der Waals surface area contributed by atoms with Gasteiger partial charge in [0.1, 0.15) is 6.04 Å². The molecule has 0 aliphatic rings. The van der Waals surface area contributed by atoms with Gasteiger partial charge in [0.05, 0.1) is 4.90 Å². The van der Waals surface area contributed by atoms with Gasteiger partial charge in [0.2, 0.25) is 10.0 Å². The van der Waals surface area contributed by atoms with Gasteiger partial charge in [-0.2, -0.15) is 4.31 Å². The van der Waals surface area contributed by atoms with Crippen LogP contribution in [-0.4, -0.2) is 34.9 Å². The van der Waals surface area contributed by atoms with Gasteiger partial charge in [-0.1, -0.05) is 19.9 Å². The number of nitrogens with zero attached hydrogens (tertiary/aromatic N) is 2. The molecule has 26 heavy (non-hydrogen) atoms. The number of halogens is 1. The number of carbonyl (C=O) groups excluding carboxylic acids is 1. The molecular weight excluding hydrogens is 469 g/mol. The fourth-order valence-electron chi connectivity index (χ4n) is 2.58. The smallest absolute Gasteiger partial charge is 0.262 e. The minimum atomic E-state index is -3.99. The SMILES string of the molecule is CC(C)[C@H](C(=O)NO)N(Cc1cccnc1)S(=O)(=O)c1ccc(I)cc1. The van der Waals surface area contributed by atoms with Crippen molar-refractivity contribution in [3.63, 3.8) is 0 Å². The van der Waals surface area contributed by atoms with Crippen LogP contribution in [0.4, 0.5) is 0 Å². The van der Waals surface area contributed by atoms with E-state index in [4.69, 9.17) is 5.21 Å². The first-order chi connectivity index (χ1) is 12.3. The molecule has 140 valence electrons. The van der Waals surface area contributed by atoms with Crippen molar-refractivity contribution in [3.8, 4) is 0 Å². The van der Waals surface area contributed by atoms with Gasteiger partial charge < -0.3 is 0 Å². The van der Waals surface area contributed by atoms with Crippen LogP contribution in [0.25, 0.3) is 0 Å². The highest BCUT2D eigenvalue weighted by molar-refractivity contribution is 14.1. The lowest BCUT2D eigenvalue weighted by atomic mass is 10.0. The highest BCUT2D eigenvalue weighted by Gasteiger charge is 2.38. The molecule has 0 radical (unpaired) electrons. The van der Waals surface area contributed by atoms with Crippen LogP contribution in [0.15, 0.2) is 53.7 Å². The molecule has 2 aromatic rings. The van der Waals surface area contributed by atoms with Gasteiger partial charge in [-0.15, -0.1) is 0 Å². The van der Waals surface area contributed by atoms with Gasteiger partial charge in [-0.05, 0) is 64.4 Å². The van der Waals surface area contributed by atoms with Gasteiger partial charge in [-0.3, -0.25) is 15.0 Å². The molecule has 0 saturated carbocycles. The highest BCUT2D eigenvalue weighted by Crippen LogP contribution is 2.25. The summed E-state index contributed by atoms with van der Waals surface area (Å²) in [5.41, 5.74) is 2.22. The molecule has 9 heteroatoms. The second-order valence-electron chi connectivity index (χ2n) is 6.03. The predicted molar refractivity (Wildman–Crippen MR) is 105 cm³/mol. The molecule has 0 spiro atoms. The Morgan fingerprint density at radius 3 is 2.42 bits per heavy atom. The number of hydrogen-bond donors (Lipinski definition) is 2. The molecule has 1 aromatic carbocycles. The van der Waals surface area contributed by atoms with Gasteiger partial charge in [0.15, 0.2) is 0 Å². The number of benzene rings is 1. The summed E-state index contributed by atoms with van der Waals surface area (Å²) < 4.78 is 28.5. The van der Waals surface area contributed by atoms with Gasteiger partial charge >= 0.3 is 0 Å². The monoisotopic (exact) mass is 489 g/mol. The number of rotatable bonds is 7. The molecule has 1 heterocycles. The predicted octanol–water partition coefficient (Wildman–Crippen LogP) is 2.41. The van der Waals surface area contributed by atoms with Crippen LogP contribution < -0.4 is 5.48 Å². The minimum Gasteiger partial charge on any atom is -0.289 e. The summed E-state index contributed by atoms with van der Waals surface area (Å²) in [4.78, 5) is 16.3. The zero-order valence-electron chi connectivity index (χ0n) is 14.3. The molecule has 0 bridgehead atoms. The molecular formula is C17H20IN3O4S. The molecule has 2 N–H and O–H groups in total. The number of pyridine rings is 1. The van der Waals surface area contributed by atoms with Crippen LogP contribution in [0.2, 0.25) is 0 Å². The van der Waals surface area contributed by atoms with Crippen molar-refractivity contribution in [1.29, 1.82) is 0 Å². The average molecular weight is 489 g/mol. The van der Waals surface area contributed by atoms with Gasteiger partial charge in [-0.25, -0.2) is 13.9 Å². The molecule has 7 nitrogen and oxygen atoms in total. The maximum Gasteiger partial charge on any atom is 0.262 e. The lowest BCUT2D eigenvalue weighted by molar-refractivity contribution is -0.134. The summed E-state index contributed by atoms with van der Waals surface area (Å²) in [6, 6.07) is 8.73. The number of nitrogens with one attached hydrogen (secondary N) is 1. The minimum absolute atomic E-state index is 0.0432. The molecule has 0 saturated heterocycles. The van der Waals surface area contributed by atoms with Crippen molar-refractivity contribution in [3.05, 3.63) is 57.9 Å². The van der Waals surface area contributed by atoms with Crippen LogP contribution in [0.3, 0.4) is 0 Å². The van der Waals surface area contributed by atoms with Crippen LogP contribution >= 0.6 is 22.6 Å². The van der Waals surface area contributed by atoms with Crippen LogP contribution in [0.5, 0.6) is 0 Å². The zero-order chi connectivity index (χ0) is 19.3. The summed E-state index contributed by atoms with van der Waals surface area (Å²) in [7, 11) is -3.99. The maximum atomic E-state index is 13.3. The summed E-state index contributed by atoms with van der Waals surface area (Å²) >= 11 is 2.09. The van der Waals surface area contributed by atoms with Crippen molar-refractivity contribution in [2.75, 3.05) is 0 Å². The third-order valence-electron chi connectivity index (χ3n) is 3.80. The van der Waals surface area contributed by atoms with E-state index in [1.165, 1.54) is 12.1 Å². The molecule has 0 aliphatic carbocycles. The van der Waals surface area contributed by atoms with E-state index in [1.807, 2.05) is 0 Å². The number of hydroxylamine groups is 1. The van der Waals surface area contributed by atoms with Crippen LogP contribution in [0, 0.1) is 9.49 Å². The zero-order valence-corrected chi connectivity index (χ0v) is 17.3. The van der Waals surface area contributed by atoms with Crippen molar-refractivity contribution in [2.45, 2.75) is 31.3 Å². The number of carbonyl (C=O) groups is 1. The Bertz CT molecular complexity index is 842. The lowest BCUT2D eigenvalue weighted by Gasteiger charge is -2.31. The Labute approximate surface area is 166 Å². The van der Waals surface area contributed by atoms with Crippen molar-refractivity contribution >= 4 is 38.5 Å². The molecule has 2 rings (SSSR count). The van der Waals surface area contributed by atoms with Crippen molar-refractivity contribution < 1.29 is 18.4 Å². The number of aromatic nitrogens is 1. The normalized spacial score (nSPS) is 13.0. The quantitative estimate of drug-likeness (QED) is 0.354. The Hall–Kier alpha value is -1.56. The van der Waals surface area contributed by atoms with E-state index >= 15 is 0 Å². The summed E-state index contributed by atoms with van der Waals surface area (Å²) in [6.45, 7) is 3.40. The van der Waals surface area contributed by atoms with Crippen molar-refractivity contribution in [1.82, 2.24) is 14.8 Å². The largest absolute Gasteiger partial charge is 0.289 e. The number of hydrogen-bond acceptors (Lipinski definition) is 5. The average Bonchev–Trinajstić information content (AvgIpc) is 2.62. The first kappa shape index (κ1) is 20.7. The number of amides is 1. The number of sulfonamides is 1. The maximum absolute atomic E-state index is 13.3. The van der Waals surface area contributed by atoms with Gasteiger partial charge in [0.25, 0.3) is 5.91 Å². The highest BCUT2D eigenvalue weighted by atomic mass is 127. The molecule has 1 aromatic heterocycles. The van der Waals surface area contributed by atoms with E-state index < -0.39 is 22.0 Å². The van der Waals surface area contributed by atoms with Gasteiger partial charge in [0, 0.05) is 22.5 Å². The van der Waals surface area contributed by atoms with E-state index in [-0.39, 0.29) is 17.4 Å². The first-order valence-electron chi connectivity index (χ1n) is 7.87. The summed E-state index contributed by atoms with van der Waals surface area (Å²) in [5, 5.41) is 9.11. The second kappa shape index (κ2) is 8.89. The first-order valence-corrected chi connectivity index (χ1v) is 10.4. The molecule has 1 atom stereocenters. The molecule has 0 fully saturated rings. The van der Waals surface area contributed by atoms with Crippen LogP contribution in [-0.2, 0) is 21.4 Å². The molecule has 1 amide bonds. The molecule has 0 unspecified atom stereocenters. The summed E-state index contributed by atoms with van der Waals surface area (Å²) in [6.07, 6.45) is 3.13. The topological polar surface area (TPSA) is 99.6 Å². The Balaban J connectivity index is 2.54. The lowest BCUT2D eigenvalue weighted by Crippen LogP contribution is -2.51. The standard InChI is InChI=1S/C17H20IN3O4S/c1-12(2)16(17(22)20-23)21(11-13-4-3-9-19-10-13)26(24,25)15-7-5-14(18)6-8-15/h3-10,12,16,23H,11H2,1-2H3,(H,20,22)/t16-/m1/s1. The van der Waals surface area contributed by atoms with E-state index in [9.17, 15) is 13.2 Å². The Morgan fingerprint density at radius 1 is 1.27 bits per heavy atom. The third-order valence-corrected chi connectivity index (χ3v) is 6.36. The van der Waals surface area contributed by atoms with Crippen LogP contribution in [0.1, 0.15) is 19.4 Å². The Kier molecular flexibility index (Phi) is 7.09. The van der Waals surface area contributed by atoms with Crippen molar-refractivity contribution in [2.24, 2.45) is 5.92 Å². The summed E-state index contributed by atoms with van der Waals surface area (Å²) in [5.74, 6) is -1.14. The fourth-order valence-corrected chi connectivity index (χ4v) is 4.65. The second-order valence-corrected chi connectivity index (χ2v) is 9.17. The van der Waals surface area contributed by atoms with E-state index in [2.05, 4.69) is 27.6 Å². The van der Waals surface area contributed by atoms with E-state index in [0.29, 0.717) is 5.56 Å². The van der Waals surface area contributed by atoms with E-state index in [0.717, 1.165) is 7.88 Å². The van der Waals surface area contributed by atoms with E-state index in [1.54, 1.807) is 56.0 Å². The Morgan fingerprint density at radius 2 is 1.92 bits per heavy atom. The molecule has 0 aliphatic heterocycles. The fraction of sp³-hybridized carbons (Fsp3) is 0.294.